The van der Waals surface area contributed by atoms with Gasteiger partial charge in [0.2, 0.25) is 0 Å². The van der Waals surface area contributed by atoms with Crippen molar-refractivity contribution in [2.75, 3.05) is 6.54 Å². The van der Waals surface area contributed by atoms with Gasteiger partial charge in [-0.2, -0.15) is 0 Å². The highest BCUT2D eigenvalue weighted by molar-refractivity contribution is 9.10. The van der Waals surface area contributed by atoms with Crippen LogP contribution in [0.3, 0.4) is 0 Å². The van der Waals surface area contributed by atoms with Crippen LogP contribution in [0, 0.1) is 0 Å². The zero-order valence-corrected chi connectivity index (χ0v) is 11.7. The van der Waals surface area contributed by atoms with Gasteiger partial charge < -0.3 is 10.4 Å². The molecule has 0 bridgehead atoms. The van der Waals surface area contributed by atoms with Gasteiger partial charge in [0, 0.05) is 10.5 Å². The predicted molar refractivity (Wildman–Crippen MR) is 71.5 cm³/mol. The summed E-state index contributed by atoms with van der Waals surface area (Å²) in [6.07, 6.45) is 0.755. The molecule has 0 heterocycles. The minimum atomic E-state index is -0.593. The van der Waals surface area contributed by atoms with E-state index in [1.54, 1.807) is 0 Å². The van der Waals surface area contributed by atoms with Crippen molar-refractivity contribution in [1.82, 2.24) is 5.32 Å². The fourth-order valence-electron chi connectivity index (χ4n) is 1.49. The number of benzene rings is 1. The molecule has 0 aromatic heterocycles. The summed E-state index contributed by atoms with van der Waals surface area (Å²) >= 11 is 3.46. The van der Waals surface area contributed by atoms with Crippen molar-refractivity contribution < 1.29 is 5.11 Å². The third-order valence-corrected chi connectivity index (χ3v) is 3.03. The second-order valence-corrected chi connectivity index (χ2v) is 5.71. The van der Waals surface area contributed by atoms with Crippen LogP contribution in [-0.4, -0.2) is 17.3 Å². The van der Waals surface area contributed by atoms with E-state index in [1.165, 1.54) is 5.56 Å². The Balaban J connectivity index is 2.44. The van der Waals surface area contributed by atoms with E-state index in [0.717, 1.165) is 17.4 Å². The fraction of sp³-hybridized carbons (Fsp3) is 0.538. The molecule has 1 rings (SSSR count). The van der Waals surface area contributed by atoms with E-state index in [1.807, 2.05) is 26.0 Å². The van der Waals surface area contributed by atoms with E-state index in [0.29, 0.717) is 6.04 Å². The lowest BCUT2D eigenvalue weighted by Gasteiger charge is -2.20. The molecule has 0 fully saturated rings. The summed E-state index contributed by atoms with van der Waals surface area (Å²) < 4.78 is 1.10. The standard InChI is InChI=1S/C13H20BrNO/c1-10(15-8-7-13(2,3)16)11-5-4-6-12(14)9-11/h4-6,9-10,15-16H,7-8H2,1-3H3. The molecule has 0 saturated heterocycles. The lowest BCUT2D eigenvalue weighted by atomic mass is 10.0. The largest absolute Gasteiger partial charge is 0.390 e. The van der Waals surface area contributed by atoms with Crippen molar-refractivity contribution in [3.63, 3.8) is 0 Å². The van der Waals surface area contributed by atoms with Crippen molar-refractivity contribution in [2.24, 2.45) is 0 Å². The van der Waals surface area contributed by atoms with Crippen LogP contribution in [0.15, 0.2) is 28.7 Å². The average Bonchev–Trinajstić information content (AvgIpc) is 2.15. The molecule has 0 aliphatic rings. The van der Waals surface area contributed by atoms with E-state index in [4.69, 9.17) is 0 Å². The van der Waals surface area contributed by atoms with Crippen molar-refractivity contribution in [2.45, 2.75) is 38.8 Å². The summed E-state index contributed by atoms with van der Waals surface area (Å²) in [5.74, 6) is 0. The van der Waals surface area contributed by atoms with Crippen LogP contribution in [0.2, 0.25) is 0 Å². The molecule has 0 amide bonds. The minimum absolute atomic E-state index is 0.305. The number of nitrogens with one attached hydrogen (secondary N) is 1. The topological polar surface area (TPSA) is 32.3 Å². The van der Waals surface area contributed by atoms with Crippen LogP contribution in [-0.2, 0) is 0 Å². The summed E-state index contributed by atoms with van der Waals surface area (Å²) in [4.78, 5) is 0. The van der Waals surface area contributed by atoms with Gasteiger partial charge in [0.15, 0.2) is 0 Å². The molecule has 16 heavy (non-hydrogen) atoms. The first kappa shape index (κ1) is 13.7. The van der Waals surface area contributed by atoms with Crippen LogP contribution in [0.25, 0.3) is 0 Å². The summed E-state index contributed by atoms with van der Waals surface area (Å²) in [6, 6.07) is 8.58. The maximum Gasteiger partial charge on any atom is 0.0603 e. The lowest BCUT2D eigenvalue weighted by molar-refractivity contribution is 0.0705. The zero-order chi connectivity index (χ0) is 12.2. The molecule has 90 valence electrons. The molecular formula is C13H20BrNO. The second kappa shape index (κ2) is 5.80. The van der Waals surface area contributed by atoms with Gasteiger partial charge in [-0.05, 0) is 51.4 Å². The first-order valence-electron chi connectivity index (χ1n) is 5.60. The van der Waals surface area contributed by atoms with Crippen molar-refractivity contribution in [3.05, 3.63) is 34.3 Å². The van der Waals surface area contributed by atoms with Gasteiger partial charge in [-0.1, -0.05) is 28.1 Å². The van der Waals surface area contributed by atoms with Gasteiger partial charge in [0.05, 0.1) is 5.60 Å². The molecule has 1 aromatic carbocycles. The highest BCUT2D eigenvalue weighted by Crippen LogP contribution is 2.18. The zero-order valence-electron chi connectivity index (χ0n) is 10.1. The Morgan fingerprint density at radius 3 is 2.69 bits per heavy atom. The Hall–Kier alpha value is -0.380. The van der Waals surface area contributed by atoms with Gasteiger partial charge in [-0.3, -0.25) is 0 Å². The van der Waals surface area contributed by atoms with Crippen molar-refractivity contribution >= 4 is 15.9 Å². The van der Waals surface area contributed by atoms with E-state index in [9.17, 15) is 5.11 Å². The second-order valence-electron chi connectivity index (χ2n) is 4.79. The Morgan fingerprint density at radius 1 is 1.44 bits per heavy atom. The van der Waals surface area contributed by atoms with E-state index >= 15 is 0 Å². The van der Waals surface area contributed by atoms with Crippen molar-refractivity contribution in [3.8, 4) is 0 Å². The number of halogens is 1. The molecule has 3 heteroatoms. The summed E-state index contributed by atoms with van der Waals surface area (Å²) in [5.41, 5.74) is 0.661. The van der Waals surface area contributed by atoms with Crippen molar-refractivity contribution in [1.29, 1.82) is 0 Å². The quantitative estimate of drug-likeness (QED) is 0.870. The smallest absolute Gasteiger partial charge is 0.0603 e. The Bertz CT molecular complexity index is 333. The molecule has 1 atom stereocenters. The summed E-state index contributed by atoms with van der Waals surface area (Å²) in [6.45, 7) is 6.61. The minimum Gasteiger partial charge on any atom is -0.390 e. The van der Waals surface area contributed by atoms with Gasteiger partial charge in [-0.15, -0.1) is 0 Å². The van der Waals surface area contributed by atoms with Crippen LogP contribution in [0.5, 0.6) is 0 Å². The van der Waals surface area contributed by atoms with E-state index in [2.05, 4.69) is 40.3 Å². The molecule has 1 unspecified atom stereocenters. The molecule has 0 spiro atoms. The molecule has 0 radical (unpaired) electrons. The van der Waals surface area contributed by atoms with Crippen LogP contribution >= 0.6 is 15.9 Å². The van der Waals surface area contributed by atoms with E-state index in [-0.39, 0.29) is 0 Å². The lowest BCUT2D eigenvalue weighted by Crippen LogP contribution is -2.28. The molecule has 1 aromatic rings. The number of rotatable bonds is 5. The first-order chi connectivity index (χ1) is 7.38. The molecule has 0 aliphatic heterocycles. The SMILES string of the molecule is CC(NCCC(C)(C)O)c1cccc(Br)c1. The summed E-state index contributed by atoms with van der Waals surface area (Å²) in [5, 5.41) is 13.0. The van der Waals surface area contributed by atoms with Gasteiger partial charge in [0.1, 0.15) is 0 Å². The average molecular weight is 286 g/mol. The molecular weight excluding hydrogens is 266 g/mol. The van der Waals surface area contributed by atoms with Crippen LogP contribution < -0.4 is 5.32 Å². The monoisotopic (exact) mass is 285 g/mol. The highest BCUT2D eigenvalue weighted by Gasteiger charge is 2.12. The summed E-state index contributed by atoms with van der Waals surface area (Å²) in [7, 11) is 0. The Morgan fingerprint density at radius 2 is 2.12 bits per heavy atom. The molecule has 0 aliphatic carbocycles. The van der Waals surface area contributed by atoms with Gasteiger partial charge >= 0.3 is 0 Å². The fourth-order valence-corrected chi connectivity index (χ4v) is 1.91. The Labute approximate surface area is 106 Å². The number of hydrogen-bond acceptors (Lipinski definition) is 2. The normalized spacial score (nSPS) is 13.8. The van der Waals surface area contributed by atoms with Gasteiger partial charge in [0.25, 0.3) is 0 Å². The maximum absolute atomic E-state index is 9.60. The molecule has 2 nitrogen and oxygen atoms in total. The Kier molecular flexibility index (Phi) is 4.96. The van der Waals surface area contributed by atoms with Gasteiger partial charge in [-0.25, -0.2) is 0 Å². The van der Waals surface area contributed by atoms with Crippen LogP contribution in [0.4, 0.5) is 0 Å². The number of aliphatic hydroxyl groups is 1. The first-order valence-corrected chi connectivity index (χ1v) is 6.39. The number of hydrogen-bond donors (Lipinski definition) is 2. The predicted octanol–water partition coefficient (Wildman–Crippen LogP) is 3.26. The highest BCUT2D eigenvalue weighted by atomic mass is 79.9. The third kappa shape index (κ3) is 5.10. The molecule has 2 N–H and O–H groups in total. The molecule has 0 saturated carbocycles. The van der Waals surface area contributed by atoms with E-state index < -0.39 is 5.60 Å². The maximum atomic E-state index is 9.60. The third-order valence-electron chi connectivity index (χ3n) is 2.54. The van der Waals surface area contributed by atoms with Crippen LogP contribution in [0.1, 0.15) is 38.8 Å².